The van der Waals surface area contributed by atoms with Crippen LogP contribution in [-0.2, 0) is 4.79 Å². The average Bonchev–Trinajstić information content (AvgIpc) is 2.29. The quantitative estimate of drug-likeness (QED) is 0.798. The first-order valence-corrected chi connectivity index (χ1v) is 5.15. The van der Waals surface area contributed by atoms with Gasteiger partial charge in [-0.15, -0.1) is 12.3 Å². The number of aliphatic carboxylic acids is 1. The number of rotatable bonds is 4. The second-order valence-electron chi connectivity index (χ2n) is 3.28. The Bertz CT molecular complexity index is 462. The first-order valence-electron chi connectivity index (χ1n) is 4.77. The van der Waals surface area contributed by atoms with Crippen molar-refractivity contribution in [1.82, 2.24) is 5.32 Å². The normalized spacial score (nSPS) is 11.3. The Kier molecular flexibility index (Phi) is 4.56. The van der Waals surface area contributed by atoms with Gasteiger partial charge in [0.05, 0.1) is 0 Å². The molecule has 0 saturated carbocycles. The lowest BCUT2D eigenvalue weighted by atomic mass is 10.1. The fraction of sp³-hybridized carbons (Fsp3) is 0.167. The van der Waals surface area contributed by atoms with Gasteiger partial charge in [0.1, 0.15) is 6.04 Å². The zero-order valence-electron chi connectivity index (χ0n) is 8.81. The molecule has 0 bridgehead atoms. The molecule has 0 saturated heterocycles. The van der Waals surface area contributed by atoms with Crippen LogP contribution in [0.2, 0.25) is 5.02 Å². The summed E-state index contributed by atoms with van der Waals surface area (Å²) >= 11 is 5.67. The Morgan fingerprint density at radius 2 is 2.00 bits per heavy atom. The fourth-order valence-electron chi connectivity index (χ4n) is 1.16. The van der Waals surface area contributed by atoms with Crippen LogP contribution < -0.4 is 5.32 Å². The van der Waals surface area contributed by atoms with Gasteiger partial charge in [-0.2, -0.15) is 0 Å². The van der Waals surface area contributed by atoms with Gasteiger partial charge in [0, 0.05) is 17.0 Å². The number of carboxylic acids is 1. The molecule has 1 aromatic carbocycles. The van der Waals surface area contributed by atoms with Crippen LogP contribution in [0.4, 0.5) is 0 Å². The summed E-state index contributed by atoms with van der Waals surface area (Å²) in [6.45, 7) is 0. The second kappa shape index (κ2) is 5.92. The Hall–Kier alpha value is -1.99. The maximum absolute atomic E-state index is 11.7. The molecule has 0 heterocycles. The van der Waals surface area contributed by atoms with Crippen LogP contribution in [0, 0.1) is 12.3 Å². The van der Waals surface area contributed by atoms with Gasteiger partial charge in [-0.3, -0.25) is 4.79 Å². The van der Waals surface area contributed by atoms with E-state index in [-0.39, 0.29) is 6.42 Å². The minimum atomic E-state index is -1.16. The number of carbonyl (C=O) groups excluding carboxylic acids is 1. The number of carbonyl (C=O) groups is 2. The van der Waals surface area contributed by atoms with Crippen molar-refractivity contribution in [2.24, 2.45) is 0 Å². The summed E-state index contributed by atoms with van der Waals surface area (Å²) in [7, 11) is 0. The molecule has 0 aliphatic rings. The summed E-state index contributed by atoms with van der Waals surface area (Å²) in [4.78, 5) is 22.4. The van der Waals surface area contributed by atoms with E-state index in [0.29, 0.717) is 10.6 Å². The number of amides is 1. The third kappa shape index (κ3) is 3.82. The number of halogens is 1. The molecule has 5 heteroatoms. The van der Waals surface area contributed by atoms with Crippen LogP contribution >= 0.6 is 11.6 Å². The molecule has 88 valence electrons. The van der Waals surface area contributed by atoms with Crippen molar-refractivity contribution in [1.29, 1.82) is 0 Å². The van der Waals surface area contributed by atoms with E-state index in [1.165, 1.54) is 12.1 Å². The smallest absolute Gasteiger partial charge is 0.327 e. The first kappa shape index (κ1) is 13.1. The van der Waals surface area contributed by atoms with E-state index < -0.39 is 17.9 Å². The molecule has 0 fully saturated rings. The lowest BCUT2D eigenvalue weighted by molar-refractivity contribution is -0.139. The maximum atomic E-state index is 11.7. The topological polar surface area (TPSA) is 66.4 Å². The van der Waals surface area contributed by atoms with Crippen LogP contribution in [0.3, 0.4) is 0 Å². The third-order valence-electron chi connectivity index (χ3n) is 2.03. The summed E-state index contributed by atoms with van der Waals surface area (Å²) < 4.78 is 0. The van der Waals surface area contributed by atoms with Crippen LogP contribution in [-0.4, -0.2) is 23.0 Å². The predicted molar refractivity (Wildman–Crippen MR) is 63.8 cm³/mol. The largest absolute Gasteiger partial charge is 0.480 e. The number of carboxylic acid groups (broad SMARTS) is 1. The Balaban J connectivity index is 2.74. The molecule has 4 nitrogen and oxygen atoms in total. The van der Waals surface area contributed by atoms with E-state index >= 15 is 0 Å². The van der Waals surface area contributed by atoms with Crippen LogP contribution in [0.15, 0.2) is 24.3 Å². The second-order valence-corrected chi connectivity index (χ2v) is 3.72. The molecule has 0 unspecified atom stereocenters. The van der Waals surface area contributed by atoms with Gasteiger partial charge < -0.3 is 10.4 Å². The van der Waals surface area contributed by atoms with E-state index in [4.69, 9.17) is 23.1 Å². The van der Waals surface area contributed by atoms with E-state index in [2.05, 4.69) is 11.2 Å². The van der Waals surface area contributed by atoms with Crippen molar-refractivity contribution in [3.8, 4) is 12.3 Å². The highest BCUT2D eigenvalue weighted by Gasteiger charge is 2.19. The highest BCUT2D eigenvalue weighted by atomic mass is 35.5. The summed E-state index contributed by atoms with van der Waals surface area (Å²) in [5.41, 5.74) is 0.331. The standard InChI is InChI=1S/C12H10ClNO3/c1-2-3-10(12(16)17)14-11(15)8-4-6-9(13)7-5-8/h1,4-7,10H,3H2,(H,14,15)(H,16,17)/t10-/m0/s1. The fourth-order valence-corrected chi connectivity index (χ4v) is 1.29. The van der Waals surface area contributed by atoms with Crippen LogP contribution in [0.5, 0.6) is 0 Å². The van der Waals surface area contributed by atoms with Gasteiger partial charge >= 0.3 is 5.97 Å². The molecule has 0 aromatic heterocycles. The average molecular weight is 252 g/mol. The summed E-state index contributed by atoms with van der Waals surface area (Å²) in [5, 5.41) is 11.6. The van der Waals surface area contributed by atoms with E-state index in [1.54, 1.807) is 12.1 Å². The molecule has 0 spiro atoms. The summed E-state index contributed by atoms with van der Waals surface area (Å²) in [5.74, 6) is 0.541. The van der Waals surface area contributed by atoms with Crippen molar-refractivity contribution in [3.63, 3.8) is 0 Å². The molecule has 1 atom stereocenters. The lowest BCUT2D eigenvalue weighted by Gasteiger charge is -2.11. The molecule has 0 radical (unpaired) electrons. The van der Waals surface area contributed by atoms with Crippen molar-refractivity contribution in [2.75, 3.05) is 0 Å². The number of terminal acetylenes is 1. The molecule has 1 rings (SSSR count). The van der Waals surface area contributed by atoms with Gasteiger partial charge in [0.25, 0.3) is 5.91 Å². The van der Waals surface area contributed by atoms with Crippen molar-refractivity contribution in [2.45, 2.75) is 12.5 Å². The van der Waals surface area contributed by atoms with Crippen molar-refractivity contribution in [3.05, 3.63) is 34.9 Å². The molecule has 0 aliphatic carbocycles. The van der Waals surface area contributed by atoms with E-state index in [1.807, 2.05) is 0 Å². The molecule has 0 aliphatic heterocycles. The Morgan fingerprint density at radius 1 is 1.41 bits per heavy atom. The van der Waals surface area contributed by atoms with Gasteiger partial charge in [-0.1, -0.05) is 11.6 Å². The zero-order valence-corrected chi connectivity index (χ0v) is 9.57. The monoisotopic (exact) mass is 251 g/mol. The minimum Gasteiger partial charge on any atom is -0.480 e. The molecule has 17 heavy (non-hydrogen) atoms. The minimum absolute atomic E-state index is 0.0609. The van der Waals surface area contributed by atoms with E-state index in [0.717, 1.165) is 0 Å². The van der Waals surface area contributed by atoms with Crippen molar-refractivity contribution < 1.29 is 14.7 Å². The molecular weight excluding hydrogens is 242 g/mol. The molecule has 1 amide bonds. The highest BCUT2D eigenvalue weighted by Crippen LogP contribution is 2.09. The number of benzene rings is 1. The molecule has 2 N–H and O–H groups in total. The van der Waals surface area contributed by atoms with E-state index in [9.17, 15) is 9.59 Å². The zero-order chi connectivity index (χ0) is 12.8. The van der Waals surface area contributed by atoms with Gasteiger partial charge in [0.2, 0.25) is 0 Å². The van der Waals surface area contributed by atoms with Gasteiger partial charge in [0.15, 0.2) is 0 Å². The lowest BCUT2D eigenvalue weighted by Crippen LogP contribution is -2.40. The predicted octanol–water partition coefficient (Wildman–Crippen LogP) is 1.55. The summed E-state index contributed by atoms with van der Waals surface area (Å²) in [6, 6.07) is 5.03. The number of hydrogen-bond acceptors (Lipinski definition) is 2. The third-order valence-corrected chi connectivity index (χ3v) is 2.28. The maximum Gasteiger partial charge on any atom is 0.327 e. The summed E-state index contributed by atoms with van der Waals surface area (Å²) in [6.07, 6.45) is 4.96. The molecule has 1 aromatic rings. The highest BCUT2D eigenvalue weighted by molar-refractivity contribution is 6.30. The first-order chi connectivity index (χ1) is 8.04. The van der Waals surface area contributed by atoms with Crippen LogP contribution in [0.1, 0.15) is 16.8 Å². The van der Waals surface area contributed by atoms with Gasteiger partial charge in [-0.05, 0) is 24.3 Å². The van der Waals surface area contributed by atoms with Crippen LogP contribution in [0.25, 0.3) is 0 Å². The van der Waals surface area contributed by atoms with Gasteiger partial charge in [-0.25, -0.2) is 4.79 Å². The molecular formula is C12H10ClNO3. The number of hydrogen-bond donors (Lipinski definition) is 2. The number of nitrogens with one attached hydrogen (secondary N) is 1. The Morgan fingerprint density at radius 3 is 2.47 bits per heavy atom. The van der Waals surface area contributed by atoms with Crippen molar-refractivity contribution >= 4 is 23.5 Å². The SMILES string of the molecule is C#CC[C@H](NC(=O)c1ccc(Cl)cc1)C(=O)O. The Labute approximate surface area is 104 Å².